The first-order valence-corrected chi connectivity index (χ1v) is 10.1. The predicted octanol–water partition coefficient (Wildman–Crippen LogP) is 5.63. The van der Waals surface area contributed by atoms with Gasteiger partial charge in [-0.1, -0.05) is 65.7 Å². The van der Waals surface area contributed by atoms with Gasteiger partial charge in [-0.2, -0.15) is 0 Å². The number of hydrogen-bond acceptors (Lipinski definition) is 2. The second kappa shape index (κ2) is 9.62. The van der Waals surface area contributed by atoms with Gasteiger partial charge in [-0.25, -0.2) is 4.39 Å². The van der Waals surface area contributed by atoms with Crippen molar-refractivity contribution >= 4 is 5.78 Å². The molecule has 0 aliphatic carbocycles. The van der Waals surface area contributed by atoms with E-state index in [0.717, 1.165) is 31.5 Å². The molecule has 150 valence electrons. The number of carbonyl (C=O) groups excluding carboxylic acids is 1. The van der Waals surface area contributed by atoms with Crippen molar-refractivity contribution in [1.29, 1.82) is 0 Å². The van der Waals surface area contributed by atoms with E-state index in [0.29, 0.717) is 5.56 Å². The first kappa shape index (κ1) is 20.9. The van der Waals surface area contributed by atoms with E-state index >= 15 is 0 Å². The van der Waals surface area contributed by atoms with E-state index in [1.807, 2.05) is 25.1 Å². The molecule has 29 heavy (non-hydrogen) atoms. The van der Waals surface area contributed by atoms with Crippen LogP contribution in [-0.2, 0) is 5.41 Å². The molecule has 0 amide bonds. The Morgan fingerprint density at radius 2 is 1.34 bits per heavy atom. The van der Waals surface area contributed by atoms with Crippen molar-refractivity contribution in [2.75, 3.05) is 13.1 Å². The standard InChI is InChI=1S/C19H20FNO.C7H8/c1-14-2-6-16(7-3-14)19(10-12-21-13-11-19)18(22)15-4-8-17(20)9-5-15;1-7-5-3-2-4-6-7/h2-9,21H,10-13H2,1H3;2-6H,1H3. The predicted molar refractivity (Wildman–Crippen MR) is 117 cm³/mol. The maximum atomic E-state index is 13.2. The van der Waals surface area contributed by atoms with Gasteiger partial charge < -0.3 is 5.32 Å². The summed E-state index contributed by atoms with van der Waals surface area (Å²) in [6, 6.07) is 24.4. The number of ketones is 1. The molecule has 0 aromatic heterocycles. The van der Waals surface area contributed by atoms with Gasteiger partial charge in [0.15, 0.2) is 5.78 Å². The number of hydrogen-bond donors (Lipinski definition) is 1. The number of carbonyl (C=O) groups is 1. The maximum Gasteiger partial charge on any atom is 0.173 e. The van der Waals surface area contributed by atoms with Gasteiger partial charge in [0.2, 0.25) is 0 Å². The highest BCUT2D eigenvalue weighted by Crippen LogP contribution is 2.37. The number of halogens is 1. The molecule has 3 heteroatoms. The molecule has 0 saturated carbocycles. The van der Waals surface area contributed by atoms with E-state index in [-0.39, 0.29) is 11.6 Å². The maximum absolute atomic E-state index is 13.2. The first-order valence-electron chi connectivity index (χ1n) is 10.1. The fraction of sp³-hybridized carbons (Fsp3) is 0.269. The normalized spacial score (nSPS) is 15.1. The summed E-state index contributed by atoms with van der Waals surface area (Å²) in [5.41, 5.74) is 3.65. The monoisotopic (exact) mass is 389 g/mol. The molecule has 2 nitrogen and oxygen atoms in total. The van der Waals surface area contributed by atoms with Gasteiger partial charge in [-0.05, 0) is 69.6 Å². The molecule has 0 spiro atoms. The van der Waals surface area contributed by atoms with E-state index in [1.165, 1.54) is 23.3 Å². The molecule has 0 unspecified atom stereocenters. The minimum absolute atomic E-state index is 0.0952. The quantitative estimate of drug-likeness (QED) is 0.588. The second-order valence-electron chi connectivity index (χ2n) is 7.69. The zero-order valence-corrected chi connectivity index (χ0v) is 17.1. The van der Waals surface area contributed by atoms with Crippen LogP contribution in [0.2, 0.25) is 0 Å². The average molecular weight is 390 g/mol. The number of benzene rings is 3. The van der Waals surface area contributed by atoms with Crippen molar-refractivity contribution in [1.82, 2.24) is 5.32 Å². The van der Waals surface area contributed by atoms with Crippen LogP contribution >= 0.6 is 0 Å². The van der Waals surface area contributed by atoms with Crippen molar-refractivity contribution in [3.63, 3.8) is 0 Å². The number of rotatable bonds is 3. The first-order chi connectivity index (χ1) is 14.0. The van der Waals surface area contributed by atoms with Crippen LogP contribution in [-0.4, -0.2) is 18.9 Å². The molecule has 3 aromatic rings. The van der Waals surface area contributed by atoms with Crippen LogP contribution in [0, 0.1) is 19.7 Å². The molecule has 0 bridgehead atoms. The minimum Gasteiger partial charge on any atom is -0.317 e. The zero-order valence-electron chi connectivity index (χ0n) is 17.1. The molecular weight excluding hydrogens is 361 g/mol. The van der Waals surface area contributed by atoms with E-state index in [9.17, 15) is 9.18 Å². The average Bonchev–Trinajstić information content (AvgIpc) is 2.76. The Kier molecular flexibility index (Phi) is 6.95. The van der Waals surface area contributed by atoms with Crippen LogP contribution < -0.4 is 5.32 Å². The smallest absolute Gasteiger partial charge is 0.173 e. The number of piperidine rings is 1. The third-order valence-corrected chi connectivity index (χ3v) is 5.54. The van der Waals surface area contributed by atoms with Gasteiger partial charge >= 0.3 is 0 Å². The van der Waals surface area contributed by atoms with Crippen molar-refractivity contribution < 1.29 is 9.18 Å². The highest BCUT2D eigenvalue weighted by molar-refractivity contribution is 6.04. The molecule has 1 saturated heterocycles. The molecule has 1 aliphatic rings. The van der Waals surface area contributed by atoms with Gasteiger partial charge in [-0.15, -0.1) is 0 Å². The fourth-order valence-electron chi connectivity index (χ4n) is 3.78. The number of aryl methyl sites for hydroxylation is 2. The summed E-state index contributed by atoms with van der Waals surface area (Å²) in [5, 5.41) is 3.32. The summed E-state index contributed by atoms with van der Waals surface area (Å²) in [7, 11) is 0. The van der Waals surface area contributed by atoms with Crippen molar-refractivity contribution in [2.45, 2.75) is 32.1 Å². The molecule has 1 N–H and O–H groups in total. The van der Waals surface area contributed by atoms with Gasteiger partial charge in [0.05, 0.1) is 5.41 Å². The van der Waals surface area contributed by atoms with Crippen LogP contribution in [0.1, 0.15) is 39.9 Å². The van der Waals surface area contributed by atoms with Crippen LogP contribution in [0.25, 0.3) is 0 Å². The van der Waals surface area contributed by atoms with Gasteiger partial charge in [-0.3, -0.25) is 4.79 Å². The highest BCUT2D eigenvalue weighted by Gasteiger charge is 2.41. The third-order valence-electron chi connectivity index (χ3n) is 5.54. The lowest BCUT2D eigenvalue weighted by atomic mass is 9.68. The van der Waals surface area contributed by atoms with E-state index in [2.05, 4.69) is 48.6 Å². The molecular formula is C26H28FNO. The number of nitrogens with one attached hydrogen (secondary N) is 1. The van der Waals surface area contributed by atoms with Crippen molar-refractivity contribution in [2.24, 2.45) is 0 Å². The molecule has 1 fully saturated rings. The Morgan fingerprint density at radius 3 is 1.86 bits per heavy atom. The van der Waals surface area contributed by atoms with Gasteiger partial charge in [0.1, 0.15) is 5.82 Å². The minimum atomic E-state index is -0.503. The fourth-order valence-corrected chi connectivity index (χ4v) is 3.78. The number of Topliss-reactive ketones (excluding diaryl/α,β-unsaturated/α-hetero) is 1. The second-order valence-corrected chi connectivity index (χ2v) is 7.69. The summed E-state index contributed by atoms with van der Waals surface area (Å²) in [4.78, 5) is 13.2. The van der Waals surface area contributed by atoms with Crippen LogP contribution in [0.5, 0.6) is 0 Å². The molecule has 3 aromatic carbocycles. The van der Waals surface area contributed by atoms with Crippen LogP contribution in [0.15, 0.2) is 78.9 Å². The molecule has 4 rings (SSSR count). The molecule has 1 heterocycles. The lowest BCUT2D eigenvalue weighted by Crippen LogP contribution is -2.45. The summed E-state index contributed by atoms with van der Waals surface area (Å²) < 4.78 is 13.1. The molecule has 1 aliphatic heterocycles. The summed E-state index contributed by atoms with van der Waals surface area (Å²) in [6.07, 6.45) is 1.54. The zero-order chi connectivity index (χ0) is 20.7. The Morgan fingerprint density at radius 1 is 0.793 bits per heavy atom. The lowest BCUT2D eigenvalue weighted by molar-refractivity contribution is 0.0847. The SMILES string of the molecule is Cc1ccc(C2(C(=O)c3ccc(F)cc3)CCNCC2)cc1.Cc1ccccc1. The van der Waals surface area contributed by atoms with E-state index < -0.39 is 5.41 Å². The van der Waals surface area contributed by atoms with E-state index in [1.54, 1.807) is 12.1 Å². The largest absolute Gasteiger partial charge is 0.317 e. The molecule has 0 atom stereocenters. The Labute approximate surface area is 172 Å². The third kappa shape index (κ3) is 5.18. The van der Waals surface area contributed by atoms with E-state index in [4.69, 9.17) is 0 Å². The lowest BCUT2D eigenvalue weighted by Gasteiger charge is -2.37. The van der Waals surface area contributed by atoms with Crippen molar-refractivity contribution in [3.8, 4) is 0 Å². The molecule has 0 radical (unpaired) electrons. The Balaban J connectivity index is 0.000000290. The highest BCUT2D eigenvalue weighted by atomic mass is 19.1. The Hall–Kier alpha value is -2.78. The van der Waals surface area contributed by atoms with Gasteiger partial charge in [0, 0.05) is 5.56 Å². The Bertz CT molecular complexity index is 911. The summed E-state index contributed by atoms with van der Waals surface area (Å²) >= 11 is 0. The summed E-state index contributed by atoms with van der Waals surface area (Å²) in [5.74, 6) is -0.218. The van der Waals surface area contributed by atoms with Crippen molar-refractivity contribution in [3.05, 3.63) is 107 Å². The summed E-state index contributed by atoms with van der Waals surface area (Å²) in [6.45, 7) is 5.77. The van der Waals surface area contributed by atoms with Crippen LogP contribution in [0.4, 0.5) is 4.39 Å². The van der Waals surface area contributed by atoms with Gasteiger partial charge in [0.25, 0.3) is 0 Å². The topological polar surface area (TPSA) is 29.1 Å². The van der Waals surface area contributed by atoms with Crippen LogP contribution in [0.3, 0.4) is 0 Å².